The van der Waals surface area contributed by atoms with Crippen LogP contribution in [0.3, 0.4) is 0 Å². The van der Waals surface area contributed by atoms with E-state index in [0.717, 1.165) is 17.1 Å². The van der Waals surface area contributed by atoms with Gasteiger partial charge >= 0.3 is 0 Å². The van der Waals surface area contributed by atoms with Crippen molar-refractivity contribution in [1.29, 1.82) is 0 Å². The summed E-state index contributed by atoms with van der Waals surface area (Å²) in [6.07, 6.45) is 2.90. The second-order valence-electron chi connectivity index (χ2n) is 6.03. The van der Waals surface area contributed by atoms with Crippen LogP contribution in [0.1, 0.15) is 27.3 Å². The topological polar surface area (TPSA) is 82.5 Å². The summed E-state index contributed by atoms with van der Waals surface area (Å²) in [6.45, 7) is 8.36. The van der Waals surface area contributed by atoms with Crippen molar-refractivity contribution in [3.8, 4) is 5.75 Å². The third-order valence-corrected chi connectivity index (χ3v) is 4.43. The van der Waals surface area contributed by atoms with Gasteiger partial charge in [0.05, 0.1) is 11.8 Å². The van der Waals surface area contributed by atoms with Gasteiger partial charge in [-0.05, 0) is 26.8 Å². The molecule has 3 heterocycles. The molecule has 0 unspecified atom stereocenters. The molecule has 1 amide bonds. The van der Waals surface area contributed by atoms with Gasteiger partial charge in [0.1, 0.15) is 17.9 Å². The average Bonchev–Trinajstić information content (AvgIpc) is 2.59. The highest BCUT2D eigenvalue weighted by molar-refractivity contribution is 5.97. The first kappa shape index (κ1) is 16.2. The quantitative estimate of drug-likeness (QED) is 0.899. The maximum atomic E-state index is 12.6. The molecule has 1 aliphatic heterocycles. The molecule has 2 aromatic rings. The number of amides is 1. The third kappa shape index (κ3) is 3.02. The Hall–Kier alpha value is -2.70. The number of carbonyl (C=O) groups is 1. The molecular weight excluding hydrogens is 306 g/mol. The Kier molecular flexibility index (Phi) is 4.33. The fourth-order valence-corrected chi connectivity index (χ4v) is 2.86. The van der Waals surface area contributed by atoms with Crippen molar-refractivity contribution in [2.75, 3.05) is 31.1 Å². The highest BCUT2D eigenvalue weighted by atomic mass is 16.3. The molecule has 126 valence electrons. The predicted molar refractivity (Wildman–Crippen MR) is 90.3 cm³/mol. The Morgan fingerprint density at radius 2 is 1.79 bits per heavy atom. The summed E-state index contributed by atoms with van der Waals surface area (Å²) in [7, 11) is 0. The second-order valence-corrected chi connectivity index (χ2v) is 6.03. The minimum atomic E-state index is -0.159. The van der Waals surface area contributed by atoms with E-state index in [-0.39, 0.29) is 11.7 Å². The van der Waals surface area contributed by atoms with Crippen LogP contribution in [0.25, 0.3) is 0 Å². The van der Waals surface area contributed by atoms with Crippen LogP contribution in [-0.2, 0) is 0 Å². The zero-order valence-electron chi connectivity index (χ0n) is 14.2. The standard InChI is InChI=1S/C17H21N5O2/c1-11-8-14(15(23)9-18-11)17(24)22-6-4-21(5-7-22)16-12(2)13(3)19-10-20-16/h8-10,23H,4-7H2,1-3H3. The average molecular weight is 327 g/mol. The van der Waals surface area contributed by atoms with Crippen LogP contribution in [0.5, 0.6) is 5.75 Å². The van der Waals surface area contributed by atoms with Crippen molar-refractivity contribution < 1.29 is 9.90 Å². The fraction of sp³-hybridized carbons (Fsp3) is 0.412. The summed E-state index contributed by atoms with van der Waals surface area (Å²) >= 11 is 0. The summed E-state index contributed by atoms with van der Waals surface area (Å²) in [5.41, 5.74) is 3.06. The third-order valence-electron chi connectivity index (χ3n) is 4.43. The van der Waals surface area contributed by atoms with Gasteiger partial charge in [-0.3, -0.25) is 9.78 Å². The SMILES string of the molecule is Cc1cc(C(=O)N2CCN(c3ncnc(C)c3C)CC2)c(O)cn1. The number of rotatable bonds is 2. The number of aromatic nitrogens is 3. The number of pyridine rings is 1. The van der Waals surface area contributed by atoms with Gasteiger partial charge in [-0.25, -0.2) is 9.97 Å². The highest BCUT2D eigenvalue weighted by Crippen LogP contribution is 2.22. The first-order chi connectivity index (χ1) is 11.5. The van der Waals surface area contributed by atoms with Crippen molar-refractivity contribution in [3.05, 3.63) is 41.1 Å². The Morgan fingerprint density at radius 3 is 2.50 bits per heavy atom. The molecule has 1 aliphatic rings. The molecule has 1 N–H and O–H groups in total. The van der Waals surface area contributed by atoms with E-state index in [1.807, 2.05) is 13.8 Å². The number of hydrogen-bond acceptors (Lipinski definition) is 6. The van der Waals surface area contributed by atoms with E-state index in [1.54, 1.807) is 24.2 Å². The Labute approximate surface area is 141 Å². The molecule has 0 aliphatic carbocycles. The molecule has 0 atom stereocenters. The van der Waals surface area contributed by atoms with Crippen LogP contribution in [-0.4, -0.2) is 57.0 Å². The molecule has 7 heteroatoms. The van der Waals surface area contributed by atoms with Crippen LogP contribution in [0.4, 0.5) is 5.82 Å². The molecule has 7 nitrogen and oxygen atoms in total. The van der Waals surface area contributed by atoms with Crippen molar-refractivity contribution in [2.24, 2.45) is 0 Å². The molecule has 0 bridgehead atoms. The maximum absolute atomic E-state index is 12.6. The number of anilines is 1. The van der Waals surface area contributed by atoms with Crippen molar-refractivity contribution in [1.82, 2.24) is 19.9 Å². The van der Waals surface area contributed by atoms with E-state index in [4.69, 9.17) is 0 Å². The monoisotopic (exact) mass is 327 g/mol. The number of hydrogen-bond donors (Lipinski definition) is 1. The molecule has 0 saturated carbocycles. The molecule has 0 spiro atoms. The van der Waals surface area contributed by atoms with Gasteiger partial charge in [0.25, 0.3) is 5.91 Å². The molecule has 0 aromatic carbocycles. The van der Waals surface area contributed by atoms with Gasteiger partial charge in [0.2, 0.25) is 0 Å². The number of carbonyl (C=O) groups excluding carboxylic acids is 1. The molecular formula is C17H21N5O2. The lowest BCUT2D eigenvalue weighted by molar-refractivity contribution is 0.0743. The van der Waals surface area contributed by atoms with Gasteiger partial charge in [-0.15, -0.1) is 0 Å². The van der Waals surface area contributed by atoms with Gasteiger partial charge in [0, 0.05) is 43.1 Å². The van der Waals surface area contributed by atoms with E-state index >= 15 is 0 Å². The normalized spacial score (nSPS) is 14.8. The van der Waals surface area contributed by atoms with E-state index < -0.39 is 0 Å². The Bertz CT molecular complexity index is 770. The first-order valence-electron chi connectivity index (χ1n) is 7.95. The summed E-state index contributed by atoms with van der Waals surface area (Å²) in [4.78, 5) is 29.1. The summed E-state index contributed by atoms with van der Waals surface area (Å²) < 4.78 is 0. The summed E-state index contributed by atoms with van der Waals surface area (Å²) in [5, 5.41) is 9.90. The highest BCUT2D eigenvalue weighted by Gasteiger charge is 2.25. The van der Waals surface area contributed by atoms with E-state index in [9.17, 15) is 9.90 Å². The largest absolute Gasteiger partial charge is 0.505 e. The van der Waals surface area contributed by atoms with Gasteiger partial charge < -0.3 is 14.9 Å². The van der Waals surface area contributed by atoms with Crippen LogP contribution in [0.15, 0.2) is 18.6 Å². The lowest BCUT2D eigenvalue weighted by Crippen LogP contribution is -2.49. The van der Waals surface area contributed by atoms with Gasteiger partial charge in [-0.1, -0.05) is 0 Å². The molecule has 1 saturated heterocycles. The lowest BCUT2D eigenvalue weighted by atomic mass is 10.1. The second kappa shape index (κ2) is 6.43. The van der Waals surface area contributed by atoms with Crippen LogP contribution in [0.2, 0.25) is 0 Å². The summed E-state index contributed by atoms with van der Waals surface area (Å²) in [6, 6.07) is 1.63. The minimum absolute atomic E-state index is 0.0738. The van der Waals surface area contributed by atoms with Crippen molar-refractivity contribution in [3.63, 3.8) is 0 Å². The molecule has 2 aromatic heterocycles. The molecule has 1 fully saturated rings. The van der Waals surface area contributed by atoms with E-state index in [1.165, 1.54) is 6.20 Å². The number of nitrogens with zero attached hydrogens (tertiary/aromatic N) is 5. The van der Waals surface area contributed by atoms with Crippen LogP contribution >= 0.6 is 0 Å². The van der Waals surface area contributed by atoms with Crippen LogP contribution < -0.4 is 4.90 Å². The van der Waals surface area contributed by atoms with Crippen molar-refractivity contribution >= 4 is 11.7 Å². The number of aromatic hydroxyl groups is 1. The molecule has 3 rings (SSSR count). The Morgan fingerprint density at radius 1 is 1.08 bits per heavy atom. The minimum Gasteiger partial charge on any atom is -0.505 e. The zero-order chi connectivity index (χ0) is 17.3. The number of piperazine rings is 1. The Balaban J connectivity index is 1.72. The summed E-state index contributed by atoms with van der Waals surface area (Å²) in [5.74, 6) is 0.695. The zero-order valence-corrected chi connectivity index (χ0v) is 14.2. The van der Waals surface area contributed by atoms with Crippen LogP contribution in [0, 0.1) is 20.8 Å². The maximum Gasteiger partial charge on any atom is 0.257 e. The van der Waals surface area contributed by atoms with E-state index in [2.05, 4.69) is 19.9 Å². The molecule has 24 heavy (non-hydrogen) atoms. The van der Waals surface area contributed by atoms with Gasteiger partial charge in [-0.2, -0.15) is 0 Å². The van der Waals surface area contributed by atoms with E-state index in [0.29, 0.717) is 37.4 Å². The van der Waals surface area contributed by atoms with Crippen molar-refractivity contribution in [2.45, 2.75) is 20.8 Å². The predicted octanol–water partition coefficient (Wildman–Crippen LogP) is 1.46. The first-order valence-corrected chi connectivity index (χ1v) is 7.95. The number of aryl methyl sites for hydroxylation is 2. The van der Waals surface area contributed by atoms with Gasteiger partial charge in [0.15, 0.2) is 0 Å². The lowest BCUT2D eigenvalue weighted by Gasteiger charge is -2.36. The molecule has 0 radical (unpaired) electrons. The smallest absolute Gasteiger partial charge is 0.257 e. The fourth-order valence-electron chi connectivity index (χ4n) is 2.86.